The van der Waals surface area contributed by atoms with E-state index in [0.717, 1.165) is 18.4 Å². The van der Waals surface area contributed by atoms with E-state index in [1.54, 1.807) is 0 Å². The van der Waals surface area contributed by atoms with Gasteiger partial charge in [-0.15, -0.1) is 0 Å². The Morgan fingerprint density at radius 1 is 1.20 bits per heavy atom. The van der Waals surface area contributed by atoms with E-state index in [1.165, 1.54) is 5.56 Å². The fourth-order valence-corrected chi connectivity index (χ4v) is 1.69. The van der Waals surface area contributed by atoms with Gasteiger partial charge in [0.1, 0.15) is 6.10 Å². The van der Waals surface area contributed by atoms with Crippen LogP contribution in [0.15, 0.2) is 24.3 Å². The standard InChI is InChI=1S/C12H18O2S/c1-2-3-9-4-6-10(7-5-9)12(14)11(13)8-15/h4-7,11-15H,2-3,8H2,1H3. The van der Waals surface area contributed by atoms with Crippen molar-refractivity contribution in [3.63, 3.8) is 0 Å². The first-order valence-electron chi connectivity index (χ1n) is 5.24. The zero-order valence-electron chi connectivity index (χ0n) is 8.93. The van der Waals surface area contributed by atoms with Crippen molar-refractivity contribution in [2.24, 2.45) is 0 Å². The summed E-state index contributed by atoms with van der Waals surface area (Å²) in [5, 5.41) is 19.1. The van der Waals surface area contributed by atoms with Crippen LogP contribution < -0.4 is 0 Å². The Kier molecular flexibility index (Phi) is 5.15. The average Bonchev–Trinajstić information content (AvgIpc) is 2.28. The molecule has 0 aromatic heterocycles. The molecular formula is C12H18O2S. The molecule has 0 bridgehead atoms. The Morgan fingerprint density at radius 3 is 2.27 bits per heavy atom. The Labute approximate surface area is 96.4 Å². The lowest BCUT2D eigenvalue weighted by molar-refractivity contribution is 0.0337. The summed E-state index contributed by atoms with van der Waals surface area (Å²) in [6, 6.07) is 7.71. The molecule has 0 spiro atoms. The van der Waals surface area contributed by atoms with Crippen LogP contribution in [0.2, 0.25) is 0 Å². The number of thiol groups is 1. The molecule has 0 fully saturated rings. The highest BCUT2D eigenvalue weighted by Gasteiger charge is 2.16. The van der Waals surface area contributed by atoms with Crippen molar-refractivity contribution in [1.82, 2.24) is 0 Å². The van der Waals surface area contributed by atoms with Gasteiger partial charge < -0.3 is 10.2 Å². The van der Waals surface area contributed by atoms with Crippen LogP contribution in [0.5, 0.6) is 0 Å². The van der Waals surface area contributed by atoms with E-state index in [4.69, 9.17) is 0 Å². The van der Waals surface area contributed by atoms with Crippen LogP contribution in [0.4, 0.5) is 0 Å². The molecule has 2 atom stereocenters. The fourth-order valence-electron chi connectivity index (χ4n) is 1.49. The van der Waals surface area contributed by atoms with E-state index >= 15 is 0 Å². The maximum absolute atomic E-state index is 9.71. The lowest BCUT2D eigenvalue weighted by atomic mass is 10.0. The Balaban J connectivity index is 2.70. The highest BCUT2D eigenvalue weighted by Crippen LogP contribution is 2.18. The van der Waals surface area contributed by atoms with E-state index in [9.17, 15) is 10.2 Å². The van der Waals surface area contributed by atoms with E-state index in [2.05, 4.69) is 19.6 Å². The van der Waals surface area contributed by atoms with Gasteiger partial charge in [0.2, 0.25) is 0 Å². The van der Waals surface area contributed by atoms with E-state index in [1.807, 2.05) is 24.3 Å². The minimum atomic E-state index is -0.835. The maximum atomic E-state index is 9.71. The van der Waals surface area contributed by atoms with Crippen molar-refractivity contribution in [1.29, 1.82) is 0 Å². The maximum Gasteiger partial charge on any atom is 0.106 e. The number of aliphatic hydroxyl groups excluding tert-OH is 2. The topological polar surface area (TPSA) is 40.5 Å². The molecule has 0 heterocycles. The van der Waals surface area contributed by atoms with Crippen LogP contribution in [-0.2, 0) is 6.42 Å². The van der Waals surface area contributed by atoms with Gasteiger partial charge >= 0.3 is 0 Å². The van der Waals surface area contributed by atoms with E-state index in [-0.39, 0.29) is 5.75 Å². The molecule has 1 aromatic carbocycles. The minimum Gasteiger partial charge on any atom is -0.389 e. The van der Waals surface area contributed by atoms with Crippen LogP contribution >= 0.6 is 12.6 Å². The number of hydrogen-bond acceptors (Lipinski definition) is 3. The first-order valence-corrected chi connectivity index (χ1v) is 5.88. The molecule has 0 saturated heterocycles. The fraction of sp³-hybridized carbons (Fsp3) is 0.500. The first-order chi connectivity index (χ1) is 7.19. The summed E-state index contributed by atoms with van der Waals surface area (Å²) in [5.41, 5.74) is 2.00. The van der Waals surface area contributed by atoms with Crippen molar-refractivity contribution in [2.45, 2.75) is 32.0 Å². The second-order valence-corrected chi connectivity index (χ2v) is 4.05. The monoisotopic (exact) mass is 226 g/mol. The number of aliphatic hydroxyl groups is 2. The largest absolute Gasteiger partial charge is 0.389 e. The molecule has 0 radical (unpaired) electrons. The quantitative estimate of drug-likeness (QED) is 0.672. The molecule has 0 aliphatic rings. The summed E-state index contributed by atoms with van der Waals surface area (Å²) in [7, 11) is 0. The van der Waals surface area contributed by atoms with Crippen molar-refractivity contribution in [3.8, 4) is 0 Å². The molecule has 2 N–H and O–H groups in total. The molecule has 1 aromatic rings. The third-order valence-corrected chi connectivity index (χ3v) is 2.79. The molecule has 3 heteroatoms. The van der Waals surface area contributed by atoms with Crippen molar-refractivity contribution in [3.05, 3.63) is 35.4 Å². The van der Waals surface area contributed by atoms with Gasteiger partial charge in [-0.1, -0.05) is 37.6 Å². The summed E-state index contributed by atoms with van der Waals surface area (Å²) in [4.78, 5) is 0. The van der Waals surface area contributed by atoms with Gasteiger partial charge in [-0.3, -0.25) is 0 Å². The molecular weight excluding hydrogens is 208 g/mol. The van der Waals surface area contributed by atoms with Gasteiger partial charge in [0, 0.05) is 5.75 Å². The zero-order chi connectivity index (χ0) is 11.3. The summed E-state index contributed by atoms with van der Waals surface area (Å²) >= 11 is 3.95. The second kappa shape index (κ2) is 6.16. The highest BCUT2D eigenvalue weighted by atomic mass is 32.1. The van der Waals surface area contributed by atoms with Crippen molar-refractivity contribution < 1.29 is 10.2 Å². The third-order valence-electron chi connectivity index (χ3n) is 2.41. The van der Waals surface area contributed by atoms with Crippen LogP contribution in [0.1, 0.15) is 30.6 Å². The van der Waals surface area contributed by atoms with Gasteiger partial charge in [0.25, 0.3) is 0 Å². The molecule has 2 unspecified atom stereocenters. The lowest BCUT2D eigenvalue weighted by Crippen LogP contribution is -2.19. The predicted molar refractivity (Wildman–Crippen MR) is 65.3 cm³/mol. The second-order valence-electron chi connectivity index (χ2n) is 3.69. The van der Waals surface area contributed by atoms with Gasteiger partial charge in [0.15, 0.2) is 0 Å². The molecule has 0 aliphatic carbocycles. The Morgan fingerprint density at radius 2 is 1.80 bits per heavy atom. The molecule has 0 saturated carbocycles. The van der Waals surface area contributed by atoms with Crippen LogP contribution in [0.25, 0.3) is 0 Å². The molecule has 0 amide bonds. The van der Waals surface area contributed by atoms with Crippen LogP contribution in [0.3, 0.4) is 0 Å². The van der Waals surface area contributed by atoms with Gasteiger partial charge in [-0.25, -0.2) is 0 Å². The van der Waals surface area contributed by atoms with E-state index < -0.39 is 12.2 Å². The number of rotatable bonds is 5. The normalized spacial score (nSPS) is 14.9. The average molecular weight is 226 g/mol. The number of hydrogen-bond donors (Lipinski definition) is 3. The summed E-state index contributed by atoms with van der Waals surface area (Å²) in [6.07, 6.45) is 0.524. The smallest absolute Gasteiger partial charge is 0.106 e. The molecule has 2 nitrogen and oxygen atoms in total. The van der Waals surface area contributed by atoms with Crippen LogP contribution in [0, 0.1) is 0 Å². The first kappa shape index (κ1) is 12.6. The number of benzene rings is 1. The molecule has 15 heavy (non-hydrogen) atoms. The highest BCUT2D eigenvalue weighted by molar-refractivity contribution is 7.80. The Bertz CT molecular complexity index is 284. The summed E-state index contributed by atoms with van der Waals surface area (Å²) in [6.45, 7) is 2.13. The minimum absolute atomic E-state index is 0.262. The number of aryl methyl sites for hydroxylation is 1. The predicted octanol–water partition coefficient (Wildman–Crippen LogP) is 1.96. The molecule has 1 rings (SSSR count). The van der Waals surface area contributed by atoms with Gasteiger partial charge in [-0.05, 0) is 17.5 Å². The Hall–Kier alpha value is -0.510. The van der Waals surface area contributed by atoms with Gasteiger partial charge in [0.05, 0.1) is 6.10 Å². The zero-order valence-corrected chi connectivity index (χ0v) is 9.82. The SMILES string of the molecule is CCCc1ccc(C(O)C(O)CS)cc1. The molecule has 84 valence electrons. The third kappa shape index (κ3) is 3.52. The van der Waals surface area contributed by atoms with Crippen molar-refractivity contribution >= 4 is 12.6 Å². The lowest BCUT2D eigenvalue weighted by Gasteiger charge is -2.16. The molecule has 0 aliphatic heterocycles. The van der Waals surface area contributed by atoms with E-state index in [0.29, 0.717) is 0 Å². The van der Waals surface area contributed by atoms with Gasteiger partial charge in [-0.2, -0.15) is 12.6 Å². The summed E-state index contributed by atoms with van der Waals surface area (Å²) in [5.74, 6) is 0.262. The van der Waals surface area contributed by atoms with Crippen LogP contribution in [-0.4, -0.2) is 22.1 Å². The van der Waals surface area contributed by atoms with Crippen molar-refractivity contribution in [2.75, 3.05) is 5.75 Å². The summed E-state index contributed by atoms with van der Waals surface area (Å²) < 4.78 is 0.